The molecule has 0 amide bonds. The number of imidazole rings is 1. The molecule has 2 rings (SSSR count). The van der Waals surface area contributed by atoms with Crippen LogP contribution in [0.2, 0.25) is 0 Å². The number of nitrogens with zero attached hydrogens (tertiary/aromatic N) is 2. The third-order valence-electron chi connectivity index (χ3n) is 3.00. The Morgan fingerprint density at radius 1 is 1.35 bits per heavy atom. The van der Waals surface area contributed by atoms with Gasteiger partial charge in [-0.05, 0) is 13.3 Å². The Hall–Kier alpha value is -2.60. The Morgan fingerprint density at radius 3 is 2.87 bits per heavy atom. The van der Waals surface area contributed by atoms with E-state index in [1.807, 2.05) is 47.3 Å². The Morgan fingerprint density at radius 2 is 2.17 bits per heavy atom. The minimum absolute atomic E-state index is 0.201. The van der Waals surface area contributed by atoms with Crippen molar-refractivity contribution in [3.63, 3.8) is 0 Å². The smallest absolute Gasteiger partial charge is 0.305 e. The van der Waals surface area contributed by atoms with Gasteiger partial charge in [-0.2, -0.15) is 0 Å². The summed E-state index contributed by atoms with van der Waals surface area (Å²) in [6, 6.07) is 9.84. The van der Waals surface area contributed by atoms with Crippen molar-refractivity contribution >= 4 is 17.9 Å². The number of hydrogen-bond acceptors (Lipinski definition) is 5. The molecule has 6 heteroatoms. The zero-order valence-electron chi connectivity index (χ0n) is 13.1. The fraction of sp³-hybridized carbons (Fsp3) is 0.294. The van der Waals surface area contributed by atoms with E-state index in [1.54, 1.807) is 19.4 Å². The van der Waals surface area contributed by atoms with E-state index in [0.29, 0.717) is 26.1 Å². The molecule has 0 aliphatic heterocycles. The van der Waals surface area contributed by atoms with Crippen LogP contribution in [0, 0.1) is 0 Å². The van der Waals surface area contributed by atoms with E-state index >= 15 is 0 Å². The first-order chi connectivity index (χ1) is 11.3. The van der Waals surface area contributed by atoms with Gasteiger partial charge < -0.3 is 9.30 Å². The second-order valence-electron chi connectivity index (χ2n) is 4.78. The van der Waals surface area contributed by atoms with Crippen LogP contribution >= 0.6 is 0 Å². The van der Waals surface area contributed by atoms with Crippen molar-refractivity contribution in [2.75, 3.05) is 13.2 Å². The highest BCUT2D eigenvalue weighted by atomic mass is 16.6. The fourth-order valence-corrected chi connectivity index (χ4v) is 1.92. The molecule has 0 saturated heterocycles. The number of nitrogens with one attached hydrogen (secondary N) is 1. The first kappa shape index (κ1) is 16.8. The molecule has 0 unspecified atom stereocenters. The topological polar surface area (TPSA) is 65.4 Å². The first-order valence-corrected chi connectivity index (χ1v) is 7.57. The fourth-order valence-electron chi connectivity index (χ4n) is 1.92. The second kappa shape index (κ2) is 9.42. The Labute approximate surface area is 135 Å². The maximum Gasteiger partial charge on any atom is 0.305 e. The maximum atomic E-state index is 11.3. The summed E-state index contributed by atoms with van der Waals surface area (Å²) in [6.07, 6.45) is 8.07. The molecule has 23 heavy (non-hydrogen) atoms. The van der Waals surface area contributed by atoms with Gasteiger partial charge in [0.25, 0.3) is 0 Å². The van der Waals surface area contributed by atoms with Crippen LogP contribution in [0.15, 0.2) is 49.1 Å². The number of esters is 1. The summed E-state index contributed by atoms with van der Waals surface area (Å²) in [6.45, 7) is 2.61. The minimum Gasteiger partial charge on any atom is -0.466 e. The highest BCUT2D eigenvalue weighted by Gasteiger charge is 2.04. The van der Waals surface area contributed by atoms with Gasteiger partial charge >= 0.3 is 5.97 Å². The molecule has 1 aromatic carbocycles. The summed E-state index contributed by atoms with van der Waals surface area (Å²) in [5.74, 6) is -0.201. The van der Waals surface area contributed by atoms with E-state index in [1.165, 1.54) is 0 Å². The third-order valence-corrected chi connectivity index (χ3v) is 3.00. The van der Waals surface area contributed by atoms with Gasteiger partial charge in [0, 0.05) is 30.6 Å². The van der Waals surface area contributed by atoms with Gasteiger partial charge in [0.05, 0.1) is 25.2 Å². The standard InChI is InChI=1S/C17H21N3O3/c1-2-22-17(21)9-6-12-23-19-16(13-20-11-10-18-14-20)15-7-4-3-5-8-15/h3-5,7-8,10-11,13-14,19H,2,6,9,12H2,1H3. The van der Waals surface area contributed by atoms with E-state index in [9.17, 15) is 4.79 Å². The lowest BCUT2D eigenvalue weighted by molar-refractivity contribution is -0.143. The molecule has 0 bridgehead atoms. The Balaban J connectivity index is 1.88. The number of aromatic nitrogens is 2. The van der Waals surface area contributed by atoms with Crippen molar-refractivity contribution in [3.8, 4) is 0 Å². The zero-order chi connectivity index (χ0) is 16.3. The average Bonchev–Trinajstić information content (AvgIpc) is 3.07. The van der Waals surface area contributed by atoms with E-state index in [4.69, 9.17) is 9.57 Å². The molecule has 0 radical (unpaired) electrons. The molecule has 0 saturated carbocycles. The number of carbonyl (C=O) groups excluding carboxylic acids is 1. The van der Waals surface area contributed by atoms with Gasteiger partial charge in [-0.15, -0.1) is 0 Å². The molecular formula is C17H21N3O3. The Kier molecular flexibility index (Phi) is 6.87. The van der Waals surface area contributed by atoms with E-state index in [0.717, 1.165) is 11.3 Å². The number of benzene rings is 1. The summed E-state index contributed by atoms with van der Waals surface area (Å²) in [5.41, 5.74) is 4.74. The first-order valence-electron chi connectivity index (χ1n) is 7.57. The summed E-state index contributed by atoms with van der Waals surface area (Å²) in [5, 5.41) is 0. The van der Waals surface area contributed by atoms with E-state index in [-0.39, 0.29) is 5.97 Å². The van der Waals surface area contributed by atoms with Gasteiger partial charge in [-0.25, -0.2) is 4.98 Å². The summed E-state index contributed by atoms with van der Waals surface area (Å²) in [7, 11) is 0. The molecule has 1 heterocycles. The molecule has 6 nitrogen and oxygen atoms in total. The molecule has 1 N–H and O–H groups in total. The van der Waals surface area contributed by atoms with Gasteiger partial charge in [0.15, 0.2) is 0 Å². The summed E-state index contributed by atoms with van der Waals surface area (Å²) < 4.78 is 6.70. The quantitative estimate of drug-likeness (QED) is 0.438. The van der Waals surface area contributed by atoms with Crippen LogP contribution in [0.25, 0.3) is 11.9 Å². The second-order valence-corrected chi connectivity index (χ2v) is 4.78. The number of hydrogen-bond donors (Lipinski definition) is 1. The van der Waals surface area contributed by atoms with Crippen molar-refractivity contribution in [3.05, 3.63) is 54.6 Å². The molecular weight excluding hydrogens is 294 g/mol. The SMILES string of the molecule is CCOC(=O)CCCONC(=Cn1ccnc1)c1ccccc1. The van der Waals surface area contributed by atoms with E-state index < -0.39 is 0 Å². The van der Waals surface area contributed by atoms with Gasteiger partial charge in [-0.1, -0.05) is 30.3 Å². The largest absolute Gasteiger partial charge is 0.466 e. The van der Waals surface area contributed by atoms with Gasteiger partial charge in [0.1, 0.15) is 0 Å². The zero-order valence-corrected chi connectivity index (χ0v) is 13.1. The minimum atomic E-state index is -0.201. The lowest BCUT2D eigenvalue weighted by atomic mass is 10.2. The lowest BCUT2D eigenvalue weighted by Gasteiger charge is -2.11. The van der Waals surface area contributed by atoms with Crippen molar-refractivity contribution in [1.82, 2.24) is 15.0 Å². The van der Waals surface area contributed by atoms with Crippen molar-refractivity contribution in [1.29, 1.82) is 0 Å². The van der Waals surface area contributed by atoms with Crippen molar-refractivity contribution in [2.45, 2.75) is 19.8 Å². The van der Waals surface area contributed by atoms with Crippen LogP contribution in [0.1, 0.15) is 25.3 Å². The van der Waals surface area contributed by atoms with Crippen LogP contribution < -0.4 is 5.48 Å². The lowest BCUT2D eigenvalue weighted by Crippen LogP contribution is -2.15. The molecule has 0 spiro atoms. The highest BCUT2D eigenvalue weighted by molar-refractivity contribution is 5.73. The summed E-state index contributed by atoms with van der Waals surface area (Å²) in [4.78, 5) is 20.7. The molecule has 0 aliphatic carbocycles. The molecule has 122 valence electrons. The van der Waals surface area contributed by atoms with Crippen LogP contribution in [0.5, 0.6) is 0 Å². The van der Waals surface area contributed by atoms with Gasteiger partial charge in [-0.3, -0.25) is 15.1 Å². The number of ether oxygens (including phenoxy) is 1. The van der Waals surface area contributed by atoms with Gasteiger partial charge in [0.2, 0.25) is 0 Å². The molecule has 0 atom stereocenters. The van der Waals surface area contributed by atoms with Crippen LogP contribution in [0.4, 0.5) is 0 Å². The average molecular weight is 315 g/mol. The highest BCUT2D eigenvalue weighted by Crippen LogP contribution is 2.12. The molecule has 2 aromatic rings. The number of rotatable bonds is 9. The maximum absolute atomic E-state index is 11.3. The number of hydroxylamine groups is 1. The van der Waals surface area contributed by atoms with Crippen molar-refractivity contribution < 1.29 is 14.4 Å². The van der Waals surface area contributed by atoms with Crippen LogP contribution in [-0.2, 0) is 14.4 Å². The monoisotopic (exact) mass is 315 g/mol. The predicted molar refractivity (Wildman–Crippen MR) is 87.8 cm³/mol. The van der Waals surface area contributed by atoms with Crippen molar-refractivity contribution in [2.24, 2.45) is 0 Å². The summed E-state index contributed by atoms with van der Waals surface area (Å²) >= 11 is 0. The van der Waals surface area contributed by atoms with Crippen LogP contribution in [0.3, 0.4) is 0 Å². The van der Waals surface area contributed by atoms with Crippen LogP contribution in [-0.4, -0.2) is 28.7 Å². The molecule has 0 fully saturated rings. The number of carbonyl (C=O) groups is 1. The predicted octanol–water partition coefficient (Wildman–Crippen LogP) is 2.70. The normalized spacial score (nSPS) is 11.3. The Bertz CT molecular complexity index is 609. The molecule has 1 aromatic heterocycles. The third kappa shape index (κ3) is 5.96. The van der Waals surface area contributed by atoms with E-state index in [2.05, 4.69) is 10.5 Å². The molecule has 0 aliphatic rings.